The molecule has 0 aliphatic heterocycles. The Bertz CT molecular complexity index is 1120. The molecule has 2 aromatic rings. The molecule has 0 radical (unpaired) electrons. The van der Waals surface area contributed by atoms with Gasteiger partial charge in [0, 0.05) is 0 Å². The summed E-state index contributed by atoms with van der Waals surface area (Å²) in [5, 5.41) is 0. The van der Waals surface area contributed by atoms with Crippen LogP contribution in [0.5, 0.6) is 0 Å². The van der Waals surface area contributed by atoms with Crippen molar-refractivity contribution in [3.8, 4) is 0 Å². The number of hydrogen-bond donors (Lipinski definition) is 0. The van der Waals surface area contributed by atoms with E-state index in [-0.39, 0.29) is 0 Å². The molecule has 2 fully saturated rings. The molecule has 0 atom stereocenters. The van der Waals surface area contributed by atoms with E-state index in [9.17, 15) is 0 Å². The van der Waals surface area contributed by atoms with Crippen LogP contribution in [0.4, 0.5) is 0 Å². The predicted molar refractivity (Wildman–Crippen MR) is 156 cm³/mol. The number of allylic oxidation sites excluding steroid dienone is 8. The predicted octanol–water partition coefficient (Wildman–Crippen LogP) is 9.00. The third-order valence-corrected chi connectivity index (χ3v) is 18.0. The van der Waals surface area contributed by atoms with Gasteiger partial charge in [-0.2, -0.15) is 0 Å². The van der Waals surface area contributed by atoms with Crippen LogP contribution >= 0.6 is 0 Å². The van der Waals surface area contributed by atoms with Crippen LogP contribution in [0.15, 0.2) is 91.7 Å². The number of benzene rings is 2. The molecule has 0 heterocycles. The molecule has 0 aromatic heterocycles. The summed E-state index contributed by atoms with van der Waals surface area (Å²) in [6.45, 7) is 4.50. The Labute approximate surface area is 229 Å². The molecule has 2 saturated carbocycles. The zero-order chi connectivity index (χ0) is 25.2. The molecule has 4 aliphatic carbocycles. The van der Waals surface area contributed by atoms with Crippen LogP contribution in [0.2, 0.25) is 0 Å². The summed E-state index contributed by atoms with van der Waals surface area (Å²) >= 11 is -3.16. The fraction of sp³-hybridized carbons (Fsp3) is 0.444. The van der Waals surface area contributed by atoms with E-state index in [1.165, 1.54) is 75.3 Å². The summed E-state index contributed by atoms with van der Waals surface area (Å²) in [6, 6.07) is 19.8. The molecule has 0 amide bonds. The molecule has 0 bridgehead atoms. The third-order valence-electron chi connectivity index (χ3n) is 9.90. The molecule has 1 heteroatoms. The maximum absolute atomic E-state index is 3.16. The van der Waals surface area contributed by atoms with E-state index >= 15 is 0 Å². The summed E-state index contributed by atoms with van der Waals surface area (Å²) in [4.78, 5) is 0. The van der Waals surface area contributed by atoms with Gasteiger partial charge in [-0.25, -0.2) is 0 Å². The van der Waals surface area contributed by atoms with Gasteiger partial charge >= 0.3 is 230 Å². The number of rotatable bonds is 6. The maximum atomic E-state index is 2.58. The molecule has 37 heavy (non-hydrogen) atoms. The first-order valence-electron chi connectivity index (χ1n) is 15.1. The summed E-state index contributed by atoms with van der Waals surface area (Å²) in [5.74, 6) is 1.52. The summed E-state index contributed by atoms with van der Waals surface area (Å²) in [5.41, 5.74) is 6.26. The molecular formula is C36H44Ti. The van der Waals surface area contributed by atoms with Gasteiger partial charge in [-0.15, -0.1) is 0 Å². The van der Waals surface area contributed by atoms with Gasteiger partial charge in [-0.3, -0.25) is 0 Å². The Morgan fingerprint density at radius 3 is 1.27 bits per heavy atom. The number of hydrogen-bond acceptors (Lipinski definition) is 0. The second-order valence-corrected chi connectivity index (χ2v) is 18.3. The van der Waals surface area contributed by atoms with Crippen LogP contribution in [0.25, 0.3) is 0 Å². The van der Waals surface area contributed by atoms with Gasteiger partial charge in [-0.05, 0) is 0 Å². The first-order chi connectivity index (χ1) is 18.2. The van der Waals surface area contributed by atoms with Crippen molar-refractivity contribution < 1.29 is 16.6 Å². The monoisotopic (exact) mass is 524 g/mol. The molecule has 0 N–H and O–H groups in total. The van der Waals surface area contributed by atoms with Crippen LogP contribution in [0.3, 0.4) is 0 Å². The van der Waals surface area contributed by atoms with Crippen LogP contribution in [-0.2, 0) is 16.6 Å². The van der Waals surface area contributed by atoms with Gasteiger partial charge < -0.3 is 0 Å². The van der Waals surface area contributed by atoms with Crippen LogP contribution in [-0.4, -0.2) is 0 Å². The second kappa shape index (κ2) is 11.1. The van der Waals surface area contributed by atoms with E-state index in [0.29, 0.717) is 0 Å². The Kier molecular flexibility index (Phi) is 7.60. The molecule has 0 saturated heterocycles. The average molecular weight is 525 g/mol. The van der Waals surface area contributed by atoms with E-state index in [1.54, 1.807) is 18.9 Å². The van der Waals surface area contributed by atoms with Crippen LogP contribution in [0.1, 0.15) is 88.2 Å². The Balaban J connectivity index is 1.65. The molecule has 6 rings (SSSR count). The molecule has 0 nitrogen and oxygen atoms in total. The third kappa shape index (κ3) is 4.74. The Morgan fingerprint density at radius 2 is 0.892 bits per heavy atom. The van der Waals surface area contributed by atoms with Gasteiger partial charge in [0.1, 0.15) is 0 Å². The van der Waals surface area contributed by atoms with Crippen molar-refractivity contribution in [2.45, 2.75) is 90.9 Å². The Hall–Kier alpha value is -1.89. The molecule has 0 unspecified atom stereocenters. The molecule has 192 valence electrons. The van der Waals surface area contributed by atoms with Crippen LogP contribution < -0.4 is 7.74 Å². The minimum absolute atomic E-state index is 0.761. The quantitative estimate of drug-likeness (QED) is 0.331. The average Bonchev–Trinajstić information content (AvgIpc) is 3.63. The van der Waals surface area contributed by atoms with Crippen molar-refractivity contribution in [2.24, 2.45) is 11.8 Å². The van der Waals surface area contributed by atoms with Crippen molar-refractivity contribution >= 4 is 7.74 Å². The zero-order valence-corrected chi connectivity index (χ0v) is 24.6. The van der Waals surface area contributed by atoms with Gasteiger partial charge in [0.2, 0.25) is 0 Å². The van der Waals surface area contributed by atoms with E-state index in [2.05, 4.69) is 86.7 Å². The summed E-state index contributed by atoms with van der Waals surface area (Å²) < 4.78 is 7.06. The first kappa shape index (κ1) is 25.4. The normalized spacial score (nSPS) is 21.5. The molecule has 2 aromatic carbocycles. The molecule has 4 aliphatic rings. The summed E-state index contributed by atoms with van der Waals surface area (Å²) in [7, 11) is 0. The SMILES string of the molecule is Cc1cc[c]([Ti]([C]2=C(C3CCCCC3)C=CC2)([C]2=C(C3CCCCC3)C=CC2)[c]2ccc(C)cc2)cc1. The minimum atomic E-state index is -3.16. The van der Waals surface area contributed by atoms with E-state index in [0.717, 1.165) is 24.7 Å². The molecular weight excluding hydrogens is 480 g/mol. The van der Waals surface area contributed by atoms with Crippen molar-refractivity contribution in [2.75, 3.05) is 0 Å². The summed E-state index contributed by atoms with van der Waals surface area (Å²) in [6.07, 6.45) is 26.6. The van der Waals surface area contributed by atoms with E-state index in [4.69, 9.17) is 0 Å². The van der Waals surface area contributed by atoms with E-state index in [1.807, 2.05) is 7.76 Å². The second-order valence-electron chi connectivity index (χ2n) is 12.2. The fourth-order valence-corrected chi connectivity index (χ4v) is 17.0. The van der Waals surface area contributed by atoms with Crippen LogP contribution in [0, 0.1) is 25.7 Å². The van der Waals surface area contributed by atoms with E-state index < -0.39 is 16.6 Å². The van der Waals surface area contributed by atoms with Gasteiger partial charge in [0.25, 0.3) is 0 Å². The van der Waals surface area contributed by atoms with Crippen molar-refractivity contribution in [1.82, 2.24) is 0 Å². The zero-order valence-electron chi connectivity index (χ0n) is 23.1. The number of aryl methyl sites for hydroxylation is 2. The van der Waals surface area contributed by atoms with Crippen molar-refractivity contribution in [1.29, 1.82) is 0 Å². The van der Waals surface area contributed by atoms with Crippen molar-refractivity contribution in [3.05, 3.63) is 103 Å². The molecule has 0 spiro atoms. The van der Waals surface area contributed by atoms with Crippen molar-refractivity contribution in [3.63, 3.8) is 0 Å². The first-order valence-corrected chi connectivity index (χ1v) is 18.2. The topological polar surface area (TPSA) is 0 Å². The van der Waals surface area contributed by atoms with Gasteiger partial charge in [0.05, 0.1) is 0 Å². The standard InChI is InChI=1S/2C11H15.2C7H7.Ti/c2*1-2-6-10(7-3-1)11-8-4-5-9-11;2*1-7-5-3-2-4-6-7;/h2*4,8,10H,1-3,5-7H2;2*3-6H,1H3;. The Morgan fingerprint density at radius 1 is 0.514 bits per heavy atom. The van der Waals surface area contributed by atoms with Gasteiger partial charge in [0.15, 0.2) is 0 Å². The fourth-order valence-electron chi connectivity index (χ4n) is 8.03. The van der Waals surface area contributed by atoms with Gasteiger partial charge in [-0.1, -0.05) is 0 Å².